The van der Waals surface area contributed by atoms with E-state index in [0.29, 0.717) is 25.2 Å². The van der Waals surface area contributed by atoms with Gasteiger partial charge in [0.1, 0.15) is 0 Å². The molecule has 7 nitrogen and oxygen atoms in total. The van der Waals surface area contributed by atoms with E-state index in [1.807, 2.05) is 67.6 Å². The molecule has 0 saturated carbocycles. The summed E-state index contributed by atoms with van der Waals surface area (Å²) >= 11 is 0. The molecule has 1 aromatic heterocycles. The molecule has 0 bridgehead atoms. The number of amides is 3. The Labute approximate surface area is 169 Å². The molecule has 7 heteroatoms. The summed E-state index contributed by atoms with van der Waals surface area (Å²) in [5, 5.41) is 10.3. The fraction of sp³-hybridized carbons (Fsp3) is 0.227. The molecule has 1 N–H and O–H groups in total. The van der Waals surface area contributed by atoms with Crippen LogP contribution in [0.15, 0.2) is 66.9 Å². The molecule has 3 aromatic rings. The zero-order chi connectivity index (χ0) is 20.2. The molecule has 29 heavy (non-hydrogen) atoms. The Kier molecular flexibility index (Phi) is 5.29. The number of hydrazine groups is 1. The minimum absolute atomic E-state index is 0.211. The third-order valence-electron chi connectivity index (χ3n) is 5.03. The predicted octanol–water partition coefficient (Wildman–Crippen LogP) is 3.15. The molecule has 0 atom stereocenters. The van der Waals surface area contributed by atoms with Gasteiger partial charge in [0, 0.05) is 19.6 Å². The Morgan fingerprint density at radius 1 is 0.966 bits per heavy atom. The van der Waals surface area contributed by atoms with Crippen molar-refractivity contribution in [1.29, 1.82) is 0 Å². The number of hydrogen-bond donors (Lipinski definition) is 1. The Morgan fingerprint density at radius 3 is 2.34 bits per heavy atom. The van der Waals surface area contributed by atoms with Crippen molar-refractivity contribution >= 4 is 11.9 Å². The van der Waals surface area contributed by atoms with Crippen molar-refractivity contribution in [2.75, 3.05) is 13.1 Å². The van der Waals surface area contributed by atoms with Crippen LogP contribution in [0.3, 0.4) is 0 Å². The Morgan fingerprint density at radius 2 is 1.62 bits per heavy atom. The number of benzene rings is 2. The number of urea groups is 1. The molecule has 0 radical (unpaired) electrons. The molecule has 2 aromatic carbocycles. The van der Waals surface area contributed by atoms with Gasteiger partial charge in [-0.05, 0) is 31.0 Å². The van der Waals surface area contributed by atoms with E-state index < -0.39 is 0 Å². The lowest BCUT2D eigenvalue weighted by atomic mass is 10.2. The summed E-state index contributed by atoms with van der Waals surface area (Å²) in [4.78, 5) is 25.8. The highest BCUT2D eigenvalue weighted by Crippen LogP contribution is 2.20. The standard InChI is InChI=1S/C22H23N5O2/c1-17-20(16-24-27(17)19-11-6-3-7-12-19)21(28)25-13-8-14-26(25)22(29)23-15-18-9-4-2-5-10-18/h2-7,9-12,16H,8,13-15H2,1H3,(H,23,29). The first-order chi connectivity index (χ1) is 14.1. The lowest BCUT2D eigenvalue weighted by Crippen LogP contribution is -2.49. The number of nitrogens with one attached hydrogen (secondary N) is 1. The number of carbonyl (C=O) groups excluding carboxylic acids is 2. The summed E-state index contributed by atoms with van der Waals surface area (Å²) in [5.74, 6) is -0.211. The van der Waals surface area contributed by atoms with Gasteiger partial charge in [0.05, 0.1) is 23.1 Å². The molecule has 3 amide bonds. The van der Waals surface area contributed by atoms with Crippen LogP contribution in [0.25, 0.3) is 5.69 Å². The van der Waals surface area contributed by atoms with Gasteiger partial charge in [-0.15, -0.1) is 0 Å². The van der Waals surface area contributed by atoms with Gasteiger partial charge in [0.25, 0.3) is 5.91 Å². The van der Waals surface area contributed by atoms with Crippen LogP contribution in [-0.2, 0) is 6.54 Å². The first kappa shape index (κ1) is 18.7. The number of hydrogen-bond acceptors (Lipinski definition) is 3. The molecule has 1 aliphatic heterocycles. The molecule has 2 heterocycles. The highest BCUT2D eigenvalue weighted by atomic mass is 16.2. The van der Waals surface area contributed by atoms with Crippen LogP contribution in [0.5, 0.6) is 0 Å². The number of para-hydroxylation sites is 1. The maximum atomic E-state index is 13.2. The van der Waals surface area contributed by atoms with E-state index in [1.165, 1.54) is 10.0 Å². The van der Waals surface area contributed by atoms with E-state index in [4.69, 9.17) is 0 Å². The van der Waals surface area contributed by atoms with Crippen LogP contribution < -0.4 is 5.32 Å². The van der Waals surface area contributed by atoms with Gasteiger partial charge in [0.2, 0.25) is 0 Å². The molecule has 1 saturated heterocycles. The average molecular weight is 389 g/mol. The zero-order valence-corrected chi connectivity index (χ0v) is 16.3. The predicted molar refractivity (Wildman–Crippen MR) is 109 cm³/mol. The summed E-state index contributed by atoms with van der Waals surface area (Å²) < 4.78 is 1.74. The molecule has 1 fully saturated rings. The largest absolute Gasteiger partial charge is 0.336 e. The van der Waals surface area contributed by atoms with Crippen LogP contribution in [0.1, 0.15) is 28.0 Å². The van der Waals surface area contributed by atoms with Gasteiger partial charge in [-0.2, -0.15) is 5.10 Å². The second kappa shape index (κ2) is 8.18. The van der Waals surface area contributed by atoms with Crippen molar-refractivity contribution in [2.24, 2.45) is 0 Å². The maximum absolute atomic E-state index is 13.2. The number of aromatic nitrogens is 2. The van der Waals surface area contributed by atoms with Crippen molar-refractivity contribution in [2.45, 2.75) is 19.9 Å². The van der Waals surface area contributed by atoms with E-state index in [2.05, 4.69) is 10.4 Å². The lowest BCUT2D eigenvalue weighted by molar-refractivity contribution is 0.0375. The average Bonchev–Trinajstić information content (AvgIpc) is 3.40. The number of nitrogens with zero attached hydrogens (tertiary/aromatic N) is 4. The van der Waals surface area contributed by atoms with Gasteiger partial charge in [-0.1, -0.05) is 48.5 Å². The van der Waals surface area contributed by atoms with Crippen molar-refractivity contribution in [3.05, 3.63) is 83.7 Å². The minimum atomic E-state index is -0.271. The lowest BCUT2D eigenvalue weighted by Gasteiger charge is -2.28. The van der Waals surface area contributed by atoms with Gasteiger partial charge in [-0.3, -0.25) is 4.79 Å². The monoisotopic (exact) mass is 389 g/mol. The second-order valence-corrected chi connectivity index (χ2v) is 6.94. The van der Waals surface area contributed by atoms with E-state index >= 15 is 0 Å². The third-order valence-corrected chi connectivity index (χ3v) is 5.03. The summed E-state index contributed by atoms with van der Waals surface area (Å²) in [6, 6.07) is 19.1. The summed E-state index contributed by atoms with van der Waals surface area (Å²) in [6.07, 6.45) is 2.32. The van der Waals surface area contributed by atoms with Gasteiger partial charge in [0.15, 0.2) is 0 Å². The first-order valence-corrected chi connectivity index (χ1v) is 9.66. The van der Waals surface area contributed by atoms with E-state index in [1.54, 1.807) is 10.9 Å². The van der Waals surface area contributed by atoms with Crippen LogP contribution in [-0.4, -0.2) is 44.8 Å². The summed E-state index contributed by atoms with van der Waals surface area (Å²) in [5.41, 5.74) is 3.15. The van der Waals surface area contributed by atoms with Gasteiger partial charge < -0.3 is 5.32 Å². The zero-order valence-electron chi connectivity index (χ0n) is 16.3. The van der Waals surface area contributed by atoms with E-state index in [9.17, 15) is 9.59 Å². The van der Waals surface area contributed by atoms with Crippen LogP contribution in [0.4, 0.5) is 4.79 Å². The minimum Gasteiger partial charge on any atom is -0.332 e. The smallest absolute Gasteiger partial charge is 0.332 e. The van der Waals surface area contributed by atoms with Crippen molar-refractivity contribution < 1.29 is 9.59 Å². The number of rotatable bonds is 4. The van der Waals surface area contributed by atoms with Gasteiger partial charge in [-0.25, -0.2) is 19.5 Å². The van der Waals surface area contributed by atoms with Crippen molar-refractivity contribution in [1.82, 2.24) is 25.1 Å². The first-order valence-electron chi connectivity index (χ1n) is 9.66. The number of carbonyl (C=O) groups is 2. The highest BCUT2D eigenvalue weighted by molar-refractivity contribution is 5.96. The molecular weight excluding hydrogens is 366 g/mol. The Bertz CT molecular complexity index is 1000. The maximum Gasteiger partial charge on any atom is 0.336 e. The fourth-order valence-electron chi connectivity index (χ4n) is 3.49. The molecule has 148 valence electrons. The van der Waals surface area contributed by atoms with Gasteiger partial charge >= 0.3 is 6.03 Å². The van der Waals surface area contributed by atoms with E-state index in [0.717, 1.165) is 23.4 Å². The molecule has 0 unspecified atom stereocenters. The van der Waals surface area contributed by atoms with Crippen LogP contribution in [0, 0.1) is 6.92 Å². The SMILES string of the molecule is Cc1c(C(=O)N2CCCN2C(=O)NCc2ccccc2)cnn1-c1ccccc1. The molecule has 0 spiro atoms. The Balaban J connectivity index is 1.48. The second-order valence-electron chi connectivity index (χ2n) is 6.94. The molecule has 0 aliphatic carbocycles. The summed E-state index contributed by atoms with van der Waals surface area (Å²) in [7, 11) is 0. The highest BCUT2D eigenvalue weighted by Gasteiger charge is 2.32. The van der Waals surface area contributed by atoms with E-state index in [-0.39, 0.29) is 11.9 Å². The molecule has 1 aliphatic rings. The third kappa shape index (κ3) is 3.85. The van der Waals surface area contributed by atoms with Crippen LogP contribution >= 0.6 is 0 Å². The van der Waals surface area contributed by atoms with Crippen molar-refractivity contribution in [3.8, 4) is 5.69 Å². The summed E-state index contributed by atoms with van der Waals surface area (Å²) in [6.45, 7) is 3.30. The quantitative estimate of drug-likeness (QED) is 0.745. The molecular formula is C22H23N5O2. The normalized spacial score (nSPS) is 13.6. The molecule has 4 rings (SSSR count). The Hall–Kier alpha value is -3.61. The fourth-order valence-corrected chi connectivity index (χ4v) is 3.49. The van der Waals surface area contributed by atoms with Crippen LogP contribution in [0.2, 0.25) is 0 Å². The topological polar surface area (TPSA) is 70.5 Å². The van der Waals surface area contributed by atoms with Crippen molar-refractivity contribution in [3.63, 3.8) is 0 Å².